The van der Waals surface area contributed by atoms with Crippen molar-refractivity contribution in [3.63, 3.8) is 0 Å². The number of aliphatic hydroxyl groups is 1. The van der Waals surface area contributed by atoms with Crippen LogP contribution in [0.4, 0.5) is 17.2 Å². The number of hydrogen-bond acceptors (Lipinski definition) is 9. The first-order chi connectivity index (χ1) is 22.6. The average Bonchev–Trinajstić information content (AvgIpc) is 3.51. The molecule has 0 radical (unpaired) electrons. The number of ether oxygens (including phenoxy) is 1. The van der Waals surface area contributed by atoms with Gasteiger partial charge in [-0.2, -0.15) is 0 Å². The first kappa shape index (κ1) is 30.9. The summed E-state index contributed by atoms with van der Waals surface area (Å²) >= 11 is 0. The summed E-state index contributed by atoms with van der Waals surface area (Å²) in [5, 5.41) is 20.7. The molecule has 0 saturated carbocycles. The van der Waals surface area contributed by atoms with Gasteiger partial charge in [0.05, 0.1) is 37.7 Å². The Morgan fingerprint density at radius 1 is 1.09 bits per heavy atom. The Balaban J connectivity index is 1.16. The first-order valence-electron chi connectivity index (χ1n) is 16.0. The van der Waals surface area contributed by atoms with Crippen LogP contribution < -0.4 is 27.1 Å². The highest BCUT2D eigenvalue weighted by atomic mass is 16.5. The summed E-state index contributed by atoms with van der Waals surface area (Å²) in [5.41, 5.74) is 5.69. The largest absolute Gasteiger partial charge is 0.392 e. The lowest BCUT2D eigenvalue weighted by Crippen LogP contribution is -2.48. The van der Waals surface area contributed by atoms with Crippen LogP contribution in [0.1, 0.15) is 37.6 Å². The number of nitrogens with zero attached hydrogens (tertiary/aromatic N) is 5. The van der Waals surface area contributed by atoms with Crippen LogP contribution in [0.3, 0.4) is 0 Å². The number of aryl methyl sites for hydroxylation is 1. The summed E-state index contributed by atoms with van der Waals surface area (Å²) in [6, 6.07) is 9.85. The van der Waals surface area contributed by atoms with Gasteiger partial charge in [-0.1, -0.05) is 13.8 Å². The van der Waals surface area contributed by atoms with Crippen molar-refractivity contribution in [3.8, 4) is 16.9 Å². The van der Waals surface area contributed by atoms with E-state index in [0.717, 1.165) is 38.3 Å². The summed E-state index contributed by atoms with van der Waals surface area (Å²) in [4.78, 5) is 36.0. The molecule has 0 spiro atoms. The van der Waals surface area contributed by atoms with Crippen LogP contribution in [-0.4, -0.2) is 60.5 Å². The molecule has 5 aromatic rings. The van der Waals surface area contributed by atoms with Crippen LogP contribution in [0.15, 0.2) is 70.9 Å². The van der Waals surface area contributed by atoms with Crippen molar-refractivity contribution < 1.29 is 9.84 Å². The first-order valence-corrected chi connectivity index (χ1v) is 16.0. The van der Waals surface area contributed by atoms with Crippen LogP contribution in [-0.2, 0) is 31.2 Å². The normalized spacial score (nSPS) is 16.2. The SMILES string of the molecule is C[C@@H](CNC1COC1)Nc1ccc(Nc2cc(-c3ccnc(-n4ccn5c6c(cc5c4=O)CC(C)(C)C6)c3CO)cn(C)c2=O)nc1. The molecule has 1 atom stereocenters. The fourth-order valence-corrected chi connectivity index (χ4v) is 6.62. The highest BCUT2D eigenvalue weighted by Gasteiger charge is 2.32. The van der Waals surface area contributed by atoms with Crippen molar-refractivity contribution in [2.45, 2.75) is 52.3 Å². The maximum Gasteiger partial charge on any atom is 0.280 e. The summed E-state index contributed by atoms with van der Waals surface area (Å²) < 4.78 is 10.2. The molecular weight excluding hydrogens is 596 g/mol. The molecule has 0 amide bonds. The molecule has 1 fully saturated rings. The third-order valence-corrected chi connectivity index (χ3v) is 9.05. The average molecular weight is 637 g/mol. The Labute approximate surface area is 272 Å². The molecule has 4 N–H and O–H groups in total. The molecule has 0 aromatic carbocycles. The van der Waals surface area contributed by atoms with Gasteiger partial charge in [-0.15, -0.1) is 0 Å². The molecule has 0 unspecified atom stereocenters. The van der Waals surface area contributed by atoms with Crippen LogP contribution in [0, 0.1) is 5.41 Å². The van der Waals surface area contributed by atoms with E-state index in [9.17, 15) is 14.7 Å². The Bertz CT molecular complexity index is 2070. The number of aromatic nitrogens is 5. The lowest BCUT2D eigenvalue weighted by Gasteiger charge is -2.28. The number of fused-ring (bicyclic) bond motifs is 3. The zero-order valence-corrected chi connectivity index (χ0v) is 27.1. The van der Waals surface area contributed by atoms with Gasteiger partial charge in [-0.05, 0) is 66.6 Å². The summed E-state index contributed by atoms with van der Waals surface area (Å²) in [7, 11) is 1.68. The molecule has 7 rings (SSSR count). The second kappa shape index (κ2) is 12.1. The van der Waals surface area contributed by atoms with E-state index in [1.807, 2.05) is 28.8 Å². The van der Waals surface area contributed by atoms with Gasteiger partial charge in [0.25, 0.3) is 11.1 Å². The lowest BCUT2D eigenvalue weighted by atomic mass is 9.90. The minimum absolute atomic E-state index is 0.169. The zero-order chi connectivity index (χ0) is 32.9. The van der Waals surface area contributed by atoms with Gasteiger partial charge in [-0.3, -0.25) is 14.2 Å². The minimum Gasteiger partial charge on any atom is -0.392 e. The molecule has 12 nitrogen and oxygen atoms in total. The highest BCUT2D eigenvalue weighted by Crippen LogP contribution is 2.37. The van der Waals surface area contributed by atoms with E-state index in [4.69, 9.17) is 4.74 Å². The predicted octanol–water partition coefficient (Wildman–Crippen LogP) is 3.40. The maximum absolute atomic E-state index is 13.8. The Morgan fingerprint density at radius 2 is 1.91 bits per heavy atom. The van der Waals surface area contributed by atoms with Crippen molar-refractivity contribution in [1.82, 2.24) is 28.8 Å². The number of aliphatic hydroxyl groups excluding tert-OH is 1. The van der Waals surface area contributed by atoms with E-state index in [1.165, 1.54) is 20.4 Å². The van der Waals surface area contributed by atoms with E-state index >= 15 is 0 Å². The maximum atomic E-state index is 13.8. The van der Waals surface area contributed by atoms with Crippen molar-refractivity contribution in [2.75, 3.05) is 30.4 Å². The molecule has 2 aliphatic rings. The van der Waals surface area contributed by atoms with E-state index in [2.05, 4.69) is 46.7 Å². The van der Waals surface area contributed by atoms with Gasteiger partial charge in [-0.25, -0.2) is 9.97 Å². The number of anilines is 3. The van der Waals surface area contributed by atoms with E-state index < -0.39 is 0 Å². The molecular formula is C35H40N8O4. The van der Waals surface area contributed by atoms with Gasteiger partial charge >= 0.3 is 0 Å². The zero-order valence-electron chi connectivity index (χ0n) is 27.1. The third kappa shape index (κ3) is 5.95. The minimum atomic E-state index is -0.355. The van der Waals surface area contributed by atoms with Gasteiger partial charge < -0.3 is 34.8 Å². The smallest absolute Gasteiger partial charge is 0.280 e. The number of nitrogens with one attached hydrogen (secondary N) is 3. The van der Waals surface area contributed by atoms with Crippen molar-refractivity contribution in [2.24, 2.45) is 12.5 Å². The molecule has 1 aliphatic heterocycles. The molecule has 244 valence electrons. The fraction of sp³-hybridized carbons (Fsp3) is 0.371. The van der Waals surface area contributed by atoms with Crippen molar-refractivity contribution >= 4 is 22.7 Å². The third-order valence-electron chi connectivity index (χ3n) is 9.05. The number of rotatable bonds is 10. The molecule has 1 saturated heterocycles. The Kier molecular flexibility index (Phi) is 7.95. The van der Waals surface area contributed by atoms with Crippen LogP contribution >= 0.6 is 0 Å². The second-order valence-electron chi connectivity index (χ2n) is 13.5. The molecule has 47 heavy (non-hydrogen) atoms. The van der Waals surface area contributed by atoms with Crippen molar-refractivity contribution in [1.29, 1.82) is 0 Å². The molecule has 12 heteroatoms. The van der Waals surface area contributed by atoms with E-state index in [-0.39, 0.29) is 29.2 Å². The Hall–Kier alpha value is -4.78. The quantitative estimate of drug-likeness (QED) is 0.182. The molecule has 1 aliphatic carbocycles. The summed E-state index contributed by atoms with van der Waals surface area (Å²) in [6.45, 7) is 8.53. The van der Waals surface area contributed by atoms with E-state index in [0.29, 0.717) is 45.6 Å². The molecule has 0 bridgehead atoms. The van der Waals surface area contributed by atoms with Gasteiger partial charge in [0.2, 0.25) is 0 Å². The summed E-state index contributed by atoms with van der Waals surface area (Å²) in [6.07, 6.45) is 10.5. The second-order valence-corrected chi connectivity index (χ2v) is 13.5. The topological polar surface area (TPSA) is 140 Å². The van der Waals surface area contributed by atoms with E-state index in [1.54, 1.807) is 44.0 Å². The Morgan fingerprint density at radius 3 is 2.64 bits per heavy atom. The molecule has 6 heterocycles. The van der Waals surface area contributed by atoms with Crippen LogP contribution in [0.25, 0.3) is 22.5 Å². The predicted molar refractivity (Wildman–Crippen MR) is 182 cm³/mol. The summed E-state index contributed by atoms with van der Waals surface area (Å²) in [5.74, 6) is 0.861. The van der Waals surface area contributed by atoms with Crippen LogP contribution in [0.2, 0.25) is 0 Å². The monoisotopic (exact) mass is 636 g/mol. The number of hydrogen-bond donors (Lipinski definition) is 4. The lowest BCUT2D eigenvalue weighted by molar-refractivity contribution is -0.00505. The highest BCUT2D eigenvalue weighted by molar-refractivity contribution is 5.73. The van der Waals surface area contributed by atoms with Gasteiger partial charge in [0.15, 0.2) is 0 Å². The number of pyridine rings is 3. The van der Waals surface area contributed by atoms with Gasteiger partial charge in [0, 0.05) is 61.2 Å². The standard InChI is InChI=1S/C35H40N8O4/c1-21(15-37-25-19-47-20-25)39-24-5-6-31(38-16-24)40-28-11-23(17-41(4)33(28)45)26-7-8-36-32(27(26)18-44)43-10-9-42-29(34(43)46)12-22-13-35(2,3)14-30(22)42/h5-12,16-17,21,25,37,39,44H,13-15,18-20H2,1-4H3,(H,38,40)/t21-/m0/s1. The van der Waals surface area contributed by atoms with Crippen LogP contribution in [0.5, 0.6) is 0 Å². The molecule has 5 aromatic heterocycles. The fourth-order valence-electron chi connectivity index (χ4n) is 6.62. The van der Waals surface area contributed by atoms with Crippen molar-refractivity contribution in [3.05, 3.63) is 98.8 Å². The van der Waals surface area contributed by atoms with Gasteiger partial charge in [0.1, 0.15) is 22.8 Å².